The van der Waals surface area contributed by atoms with Crippen LogP contribution in [0, 0.1) is 0 Å². The molecule has 1 aromatic carbocycles. The zero-order valence-electron chi connectivity index (χ0n) is 8.61. The van der Waals surface area contributed by atoms with Crippen LogP contribution in [0.3, 0.4) is 0 Å². The number of halogens is 1. The number of rotatable bonds is 1. The fraction of sp³-hybridized carbons (Fsp3) is 0.364. The lowest BCUT2D eigenvalue weighted by Gasteiger charge is -2.33. The number of amides is 1. The van der Waals surface area contributed by atoms with E-state index in [1.165, 1.54) is 0 Å². The highest BCUT2D eigenvalue weighted by molar-refractivity contribution is 6.30. The van der Waals surface area contributed by atoms with Crippen LogP contribution in [0.5, 0.6) is 0 Å². The minimum atomic E-state index is 0.154. The molecule has 2 rings (SSSR count). The minimum absolute atomic E-state index is 0.154. The van der Waals surface area contributed by atoms with Crippen LogP contribution in [0.15, 0.2) is 24.3 Å². The Morgan fingerprint density at radius 1 is 1.33 bits per heavy atom. The first-order chi connectivity index (χ1) is 7.16. The molecular formula is C11H13ClN2O. The first-order valence-electron chi connectivity index (χ1n) is 4.91. The summed E-state index contributed by atoms with van der Waals surface area (Å²) in [4.78, 5) is 15.3. The fourth-order valence-corrected chi connectivity index (χ4v) is 1.84. The molecule has 0 N–H and O–H groups in total. The quantitative estimate of drug-likeness (QED) is 0.724. The Hall–Kier alpha value is -1.22. The van der Waals surface area contributed by atoms with Crippen molar-refractivity contribution in [3.63, 3.8) is 0 Å². The standard InChI is InChI=1S/C11H13ClN2O/c1-13-5-6-14(8-11(13)15)10-4-2-3-9(12)7-10/h2-4,7H,5-6,8H2,1H3. The molecule has 1 aliphatic heterocycles. The number of likely N-dealkylation sites (N-methyl/N-ethyl adjacent to an activating group) is 1. The lowest BCUT2D eigenvalue weighted by molar-refractivity contribution is -0.129. The van der Waals surface area contributed by atoms with Gasteiger partial charge < -0.3 is 9.80 Å². The zero-order chi connectivity index (χ0) is 10.8. The Balaban J connectivity index is 2.15. The van der Waals surface area contributed by atoms with E-state index in [4.69, 9.17) is 11.6 Å². The van der Waals surface area contributed by atoms with E-state index in [-0.39, 0.29) is 5.91 Å². The molecule has 0 spiro atoms. The lowest BCUT2D eigenvalue weighted by Crippen LogP contribution is -2.48. The van der Waals surface area contributed by atoms with Crippen LogP contribution in [0.2, 0.25) is 5.02 Å². The number of piperazine rings is 1. The van der Waals surface area contributed by atoms with Gasteiger partial charge in [-0.15, -0.1) is 0 Å². The summed E-state index contributed by atoms with van der Waals surface area (Å²) in [6, 6.07) is 7.61. The molecule has 80 valence electrons. The highest BCUT2D eigenvalue weighted by Gasteiger charge is 2.20. The van der Waals surface area contributed by atoms with Crippen molar-refractivity contribution in [3.05, 3.63) is 29.3 Å². The third kappa shape index (κ3) is 2.23. The van der Waals surface area contributed by atoms with Crippen molar-refractivity contribution >= 4 is 23.2 Å². The molecule has 0 unspecified atom stereocenters. The second-order valence-corrected chi connectivity index (χ2v) is 4.15. The average molecular weight is 225 g/mol. The van der Waals surface area contributed by atoms with Crippen molar-refractivity contribution in [2.75, 3.05) is 31.6 Å². The van der Waals surface area contributed by atoms with E-state index in [2.05, 4.69) is 0 Å². The van der Waals surface area contributed by atoms with Crippen molar-refractivity contribution < 1.29 is 4.79 Å². The maximum Gasteiger partial charge on any atom is 0.241 e. The summed E-state index contributed by atoms with van der Waals surface area (Å²) in [5.41, 5.74) is 1.02. The van der Waals surface area contributed by atoms with Crippen LogP contribution in [0.25, 0.3) is 0 Å². The third-order valence-electron chi connectivity index (χ3n) is 2.63. The van der Waals surface area contributed by atoms with Crippen LogP contribution in [-0.4, -0.2) is 37.5 Å². The number of carbonyl (C=O) groups excluding carboxylic acids is 1. The molecule has 0 bridgehead atoms. The van der Waals surface area contributed by atoms with E-state index in [0.717, 1.165) is 18.8 Å². The molecule has 0 aliphatic carbocycles. The Morgan fingerprint density at radius 2 is 2.13 bits per heavy atom. The van der Waals surface area contributed by atoms with Crippen molar-refractivity contribution in [3.8, 4) is 0 Å². The molecule has 15 heavy (non-hydrogen) atoms. The summed E-state index contributed by atoms with van der Waals surface area (Å²) in [5.74, 6) is 0.154. The van der Waals surface area contributed by atoms with Gasteiger partial charge in [0.1, 0.15) is 0 Å². The number of nitrogens with zero attached hydrogens (tertiary/aromatic N) is 2. The summed E-state index contributed by atoms with van der Waals surface area (Å²) in [6.45, 7) is 2.07. The SMILES string of the molecule is CN1CCN(c2cccc(Cl)c2)CC1=O. The molecular weight excluding hydrogens is 212 g/mol. The summed E-state index contributed by atoms with van der Waals surface area (Å²) >= 11 is 5.91. The molecule has 1 aliphatic rings. The van der Waals surface area contributed by atoms with Gasteiger partial charge in [-0.1, -0.05) is 17.7 Å². The van der Waals surface area contributed by atoms with E-state index in [1.54, 1.807) is 4.90 Å². The summed E-state index contributed by atoms with van der Waals surface area (Å²) in [5, 5.41) is 0.707. The van der Waals surface area contributed by atoms with E-state index < -0.39 is 0 Å². The molecule has 0 atom stereocenters. The fourth-order valence-electron chi connectivity index (χ4n) is 1.65. The minimum Gasteiger partial charge on any atom is -0.360 e. The van der Waals surface area contributed by atoms with Crippen molar-refractivity contribution in [1.82, 2.24) is 4.90 Å². The Kier molecular flexibility index (Phi) is 2.82. The Morgan fingerprint density at radius 3 is 2.80 bits per heavy atom. The molecule has 1 amide bonds. The van der Waals surface area contributed by atoms with Crippen LogP contribution in [0.1, 0.15) is 0 Å². The monoisotopic (exact) mass is 224 g/mol. The van der Waals surface area contributed by atoms with E-state index in [1.807, 2.05) is 36.2 Å². The van der Waals surface area contributed by atoms with Gasteiger partial charge >= 0.3 is 0 Å². The highest BCUT2D eigenvalue weighted by atomic mass is 35.5. The highest BCUT2D eigenvalue weighted by Crippen LogP contribution is 2.20. The normalized spacial score (nSPS) is 17.1. The van der Waals surface area contributed by atoms with Gasteiger partial charge in [-0.05, 0) is 18.2 Å². The number of carbonyl (C=O) groups is 1. The van der Waals surface area contributed by atoms with E-state index in [9.17, 15) is 4.79 Å². The smallest absolute Gasteiger partial charge is 0.241 e. The predicted molar refractivity (Wildman–Crippen MR) is 61.3 cm³/mol. The molecule has 4 heteroatoms. The van der Waals surface area contributed by atoms with Gasteiger partial charge in [-0.2, -0.15) is 0 Å². The first-order valence-corrected chi connectivity index (χ1v) is 5.29. The van der Waals surface area contributed by atoms with Crippen LogP contribution in [0.4, 0.5) is 5.69 Å². The van der Waals surface area contributed by atoms with Gasteiger partial charge in [0.2, 0.25) is 5.91 Å². The molecule has 1 aromatic rings. The molecule has 1 heterocycles. The molecule has 3 nitrogen and oxygen atoms in total. The van der Waals surface area contributed by atoms with Gasteiger partial charge in [0.25, 0.3) is 0 Å². The third-order valence-corrected chi connectivity index (χ3v) is 2.87. The van der Waals surface area contributed by atoms with Crippen LogP contribution >= 0.6 is 11.6 Å². The number of hydrogen-bond acceptors (Lipinski definition) is 2. The maximum absolute atomic E-state index is 11.5. The van der Waals surface area contributed by atoms with Crippen molar-refractivity contribution in [2.45, 2.75) is 0 Å². The van der Waals surface area contributed by atoms with E-state index in [0.29, 0.717) is 11.6 Å². The molecule has 0 aromatic heterocycles. The van der Waals surface area contributed by atoms with Gasteiger partial charge in [0.15, 0.2) is 0 Å². The van der Waals surface area contributed by atoms with Crippen LogP contribution < -0.4 is 4.90 Å². The number of anilines is 1. The second-order valence-electron chi connectivity index (χ2n) is 3.72. The maximum atomic E-state index is 11.5. The second kappa shape index (κ2) is 4.11. The Bertz CT molecular complexity index is 381. The van der Waals surface area contributed by atoms with E-state index >= 15 is 0 Å². The van der Waals surface area contributed by atoms with Gasteiger partial charge in [-0.25, -0.2) is 0 Å². The summed E-state index contributed by atoms with van der Waals surface area (Å²) in [7, 11) is 1.83. The molecule has 1 fully saturated rings. The molecule has 0 saturated carbocycles. The lowest BCUT2D eigenvalue weighted by atomic mass is 10.2. The topological polar surface area (TPSA) is 23.6 Å². The van der Waals surface area contributed by atoms with Crippen LogP contribution in [-0.2, 0) is 4.79 Å². The number of hydrogen-bond donors (Lipinski definition) is 0. The molecule has 1 saturated heterocycles. The van der Waals surface area contributed by atoms with Crippen molar-refractivity contribution in [1.29, 1.82) is 0 Å². The zero-order valence-corrected chi connectivity index (χ0v) is 9.37. The first kappa shape index (κ1) is 10.3. The molecule has 0 radical (unpaired) electrons. The summed E-state index contributed by atoms with van der Waals surface area (Å²) in [6.07, 6.45) is 0. The average Bonchev–Trinajstić information content (AvgIpc) is 2.22. The van der Waals surface area contributed by atoms with Crippen molar-refractivity contribution in [2.24, 2.45) is 0 Å². The van der Waals surface area contributed by atoms with Gasteiger partial charge in [0.05, 0.1) is 6.54 Å². The predicted octanol–water partition coefficient (Wildman–Crippen LogP) is 1.62. The number of benzene rings is 1. The summed E-state index contributed by atoms with van der Waals surface area (Å²) < 4.78 is 0. The largest absolute Gasteiger partial charge is 0.360 e. The Labute approximate surface area is 94.2 Å². The van der Waals surface area contributed by atoms with Gasteiger partial charge in [0, 0.05) is 30.8 Å². The van der Waals surface area contributed by atoms with Gasteiger partial charge in [-0.3, -0.25) is 4.79 Å².